The molecule has 0 aliphatic rings. The number of halogens is 4. The largest absolute Gasteiger partial charge is 0.446 e. The van der Waals surface area contributed by atoms with Crippen molar-refractivity contribution in [2.75, 3.05) is 23.4 Å². The Morgan fingerprint density at radius 1 is 1.34 bits per heavy atom. The predicted molar refractivity (Wildman–Crippen MR) is 119 cm³/mol. The van der Waals surface area contributed by atoms with Crippen LogP contribution in [0.25, 0.3) is 10.1 Å². The van der Waals surface area contributed by atoms with E-state index in [4.69, 9.17) is 5.73 Å². The lowest BCUT2D eigenvalue weighted by Gasteiger charge is -2.18. The van der Waals surface area contributed by atoms with Crippen molar-refractivity contribution in [3.63, 3.8) is 0 Å². The van der Waals surface area contributed by atoms with Crippen molar-refractivity contribution in [3.05, 3.63) is 39.8 Å². The molecule has 0 saturated heterocycles. The monoisotopic (exact) mass is 521 g/mol. The van der Waals surface area contributed by atoms with Crippen LogP contribution in [0.1, 0.15) is 16.6 Å². The summed E-state index contributed by atoms with van der Waals surface area (Å²) in [5.74, 6) is 0.594. The summed E-state index contributed by atoms with van der Waals surface area (Å²) in [5, 5.41) is 0.986. The number of thiophene rings is 1. The molecule has 0 spiro atoms. The van der Waals surface area contributed by atoms with E-state index in [1.54, 1.807) is 11.8 Å². The summed E-state index contributed by atoms with van der Waals surface area (Å²) in [6, 6.07) is 7.00. The van der Waals surface area contributed by atoms with Crippen molar-refractivity contribution in [1.82, 2.24) is 4.98 Å². The number of rotatable bonds is 5. The highest BCUT2D eigenvalue weighted by Crippen LogP contribution is 2.41. The molecule has 1 aromatic carbocycles. The van der Waals surface area contributed by atoms with Gasteiger partial charge in [-0.2, -0.15) is 13.2 Å². The number of aromatic nitrogens is 1. The molecule has 2 heterocycles. The van der Waals surface area contributed by atoms with Crippen molar-refractivity contribution >= 4 is 78.3 Å². The first-order valence-electron chi connectivity index (χ1n) is 8.25. The summed E-state index contributed by atoms with van der Waals surface area (Å²) in [5.41, 5.74) is 1.47. The lowest BCUT2D eigenvalue weighted by atomic mass is 10.2. The predicted octanol–water partition coefficient (Wildman–Crippen LogP) is 6.64. The molecule has 3 rings (SSSR count). The van der Waals surface area contributed by atoms with Gasteiger partial charge < -0.3 is 5.73 Å². The van der Waals surface area contributed by atoms with Crippen molar-refractivity contribution in [1.29, 1.82) is 0 Å². The Bertz CT molecular complexity index is 1070. The number of nitrogen functional groups attached to an aromatic ring is 1. The standard InChI is InChI=1S/C18H15BrF3N3OS3/c1-3-27-14-11-5-4-9(19)6-13(11)28-15(14)17(26)25(2)16-12(23)7-10(8-24-16)29-18(20,21)22/h4-8H,3,23H2,1-2H3. The molecule has 0 atom stereocenters. The van der Waals surface area contributed by atoms with Crippen LogP contribution < -0.4 is 10.6 Å². The van der Waals surface area contributed by atoms with E-state index in [0.717, 1.165) is 31.4 Å². The molecule has 1 amide bonds. The summed E-state index contributed by atoms with van der Waals surface area (Å²) in [6.07, 6.45) is 1.07. The summed E-state index contributed by atoms with van der Waals surface area (Å²) >= 11 is 6.07. The van der Waals surface area contributed by atoms with Gasteiger partial charge in [-0.1, -0.05) is 28.9 Å². The average molecular weight is 522 g/mol. The van der Waals surface area contributed by atoms with Gasteiger partial charge in [0, 0.05) is 37.6 Å². The van der Waals surface area contributed by atoms with Crippen molar-refractivity contribution in [2.45, 2.75) is 22.2 Å². The second-order valence-electron chi connectivity index (χ2n) is 5.83. The zero-order valence-corrected chi connectivity index (χ0v) is 19.2. The summed E-state index contributed by atoms with van der Waals surface area (Å²) in [4.78, 5) is 19.8. The number of benzene rings is 1. The van der Waals surface area contributed by atoms with Gasteiger partial charge in [-0.3, -0.25) is 9.69 Å². The average Bonchev–Trinajstić information content (AvgIpc) is 2.97. The minimum Gasteiger partial charge on any atom is -0.396 e. The van der Waals surface area contributed by atoms with E-state index in [2.05, 4.69) is 20.9 Å². The number of nitrogens with two attached hydrogens (primary N) is 1. The van der Waals surface area contributed by atoms with Crippen LogP contribution in [0, 0.1) is 0 Å². The Morgan fingerprint density at radius 2 is 2.07 bits per heavy atom. The SMILES string of the molecule is CCSc1c(C(=O)N(C)c2ncc(SC(F)(F)F)cc2N)sc2cc(Br)ccc12. The van der Waals surface area contributed by atoms with Gasteiger partial charge in [0.15, 0.2) is 5.82 Å². The number of hydrogen-bond donors (Lipinski definition) is 1. The van der Waals surface area contributed by atoms with E-state index in [1.807, 2.05) is 25.1 Å². The van der Waals surface area contributed by atoms with Gasteiger partial charge in [0.2, 0.25) is 0 Å². The maximum Gasteiger partial charge on any atom is 0.446 e. The van der Waals surface area contributed by atoms with Gasteiger partial charge in [0.1, 0.15) is 4.88 Å². The number of thioether (sulfide) groups is 2. The third-order valence-electron chi connectivity index (χ3n) is 3.82. The number of hydrogen-bond acceptors (Lipinski definition) is 6. The molecule has 2 N–H and O–H groups in total. The maximum absolute atomic E-state index is 13.2. The van der Waals surface area contributed by atoms with Crippen LogP contribution in [-0.2, 0) is 0 Å². The second kappa shape index (κ2) is 8.75. The number of carbonyl (C=O) groups is 1. The normalized spacial score (nSPS) is 11.8. The van der Waals surface area contributed by atoms with Gasteiger partial charge >= 0.3 is 5.51 Å². The van der Waals surface area contributed by atoms with Gasteiger partial charge in [-0.05, 0) is 35.7 Å². The Balaban J connectivity index is 1.97. The molecule has 0 aliphatic heterocycles. The molecular weight excluding hydrogens is 507 g/mol. The highest BCUT2D eigenvalue weighted by atomic mass is 79.9. The Hall–Kier alpha value is -1.43. The smallest absolute Gasteiger partial charge is 0.396 e. The molecule has 3 aromatic rings. The van der Waals surface area contributed by atoms with Crippen molar-refractivity contribution in [3.8, 4) is 0 Å². The molecule has 0 bridgehead atoms. The minimum absolute atomic E-state index is 0.00338. The Morgan fingerprint density at radius 3 is 2.69 bits per heavy atom. The second-order valence-corrected chi connectivity index (χ2v) is 10.2. The third kappa shape index (κ3) is 5.01. The molecule has 4 nitrogen and oxygen atoms in total. The molecule has 0 unspecified atom stereocenters. The Labute approximate surface area is 186 Å². The number of carbonyl (C=O) groups excluding carboxylic acids is 1. The third-order valence-corrected chi connectivity index (χ3v) is 7.27. The molecule has 0 aliphatic carbocycles. The van der Waals surface area contributed by atoms with E-state index in [-0.39, 0.29) is 34.1 Å². The molecular formula is C18H15BrF3N3OS3. The quantitative estimate of drug-likeness (QED) is 0.381. The van der Waals surface area contributed by atoms with E-state index in [0.29, 0.717) is 4.88 Å². The summed E-state index contributed by atoms with van der Waals surface area (Å²) < 4.78 is 39.5. The zero-order valence-electron chi connectivity index (χ0n) is 15.2. The van der Waals surface area contributed by atoms with Crippen LogP contribution >= 0.6 is 50.8 Å². The summed E-state index contributed by atoms with van der Waals surface area (Å²) in [6.45, 7) is 2.00. The molecule has 0 radical (unpaired) electrons. The van der Waals surface area contributed by atoms with Crippen LogP contribution in [0.3, 0.4) is 0 Å². The van der Waals surface area contributed by atoms with Crippen molar-refractivity contribution < 1.29 is 18.0 Å². The molecule has 0 fully saturated rings. The summed E-state index contributed by atoms with van der Waals surface area (Å²) in [7, 11) is 1.51. The van der Waals surface area contributed by atoms with Crippen LogP contribution in [0.2, 0.25) is 0 Å². The Kier molecular flexibility index (Phi) is 6.71. The molecule has 29 heavy (non-hydrogen) atoms. The molecule has 0 saturated carbocycles. The molecule has 11 heteroatoms. The van der Waals surface area contributed by atoms with E-state index in [1.165, 1.54) is 29.4 Å². The van der Waals surface area contributed by atoms with Crippen molar-refractivity contribution in [2.24, 2.45) is 0 Å². The number of nitrogens with zero attached hydrogens (tertiary/aromatic N) is 2. The lowest BCUT2D eigenvalue weighted by Crippen LogP contribution is -2.27. The maximum atomic E-state index is 13.2. The topological polar surface area (TPSA) is 59.2 Å². The first kappa shape index (κ1) is 22.3. The number of anilines is 2. The number of pyridine rings is 1. The van der Waals surface area contributed by atoms with Crippen LogP contribution in [0.5, 0.6) is 0 Å². The first-order chi connectivity index (χ1) is 13.6. The first-order valence-corrected chi connectivity index (χ1v) is 11.7. The van der Waals surface area contributed by atoms with E-state index < -0.39 is 5.51 Å². The fourth-order valence-corrected chi connectivity index (χ4v) is 6.04. The molecule has 154 valence electrons. The number of alkyl halides is 3. The van der Waals surface area contributed by atoms with Gasteiger partial charge in [0.05, 0.1) is 5.69 Å². The fraction of sp³-hybridized carbons (Fsp3) is 0.222. The minimum atomic E-state index is -4.44. The van der Waals surface area contributed by atoms with Crippen LogP contribution in [0.4, 0.5) is 24.7 Å². The highest BCUT2D eigenvalue weighted by molar-refractivity contribution is 9.10. The number of amides is 1. The van der Waals surface area contributed by atoms with Gasteiger partial charge in [-0.25, -0.2) is 4.98 Å². The zero-order chi connectivity index (χ0) is 21.3. The fourth-order valence-electron chi connectivity index (χ4n) is 2.65. The van der Waals surface area contributed by atoms with Crippen LogP contribution in [0.15, 0.2) is 44.7 Å². The van der Waals surface area contributed by atoms with Gasteiger partial charge in [-0.15, -0.1) is 23.1 Å². The highest BCUT2D eigenvalue weighted by Gasteiger charge is 2.30. The lowest BCUT2D eigenvalue weighted by molar-refractivity contribution is -0.0328. The van der Waals surface area contributed by atoms with Crippen LogP contribution in [-0.4, -0.2) is 29.2 Å². The van der Waals surface area contributed by atoms with E-state index in [9.17, 15) is 18.0 Å². The molecule has 2 aromatic heterocycles. The number of fused-ring (bicyclic) bond motifs is 1. The van der Waals surface area contributed by atoms with Gasteiger partial charge in [0.25, 0.3) is 5.91 Å². The van der Waals surface area contributed by atoms with E-state index >= 15 is 0 Å².